The first-order chi connectivity index (χ1) is 12.6. The fourth-order valence-corrected chi connectivity index (χ4v) is 3.93. The minimum absolute atomic E-state index is 0.0635. The van der Waals surface area contributed by atoms with Crippen LogP contribution in [0.2, 0.25) is 0 Å². The van der Waals surface area contributed by atoms with Gasteiger partial charge in [-0.1, -0.05) is 47.7 Å². The summed E-state index contributed by atoms with van der Waals surface area (Å²) in [6.07, 6.45) is 1.74. The van der Waals surface area contributed by atoms with Crippen LogP contribution in [0.5, 0.6) is 0 Å². The number of nitrogens with zero attached hydrogens (tertiary/aromatic N) is 2. The summed E-state index contributed by atoms with van der Waals surface area (Å²) in [6.45, 7) is 1.51. The van der Waals surface area contributed by atoms with E-state index in [1.165, 1.54) is 30.0 Å². The van der Waals surface area contributed by atoms with Crippen molar-refractivity contribution in [3.63, 3.8) is 0 Å². The quantitative estimate of drug-likeness (QED) is 0.617. The zero-order chi connectivity index (χ0) is 18.4. The maximum Gasteiger partial charge on any atom is 0.236 e. The van der Waals surface area contributed by atoms with Gasteiger partial charge in [0.05, 0.1) is 22.0 Å². The topological polar surface area (TPSA) is 72.0 Å². The monoisotopic (exact) mass is 383 g/mol. The highest BCUT2D eigenvalue weighted by Gasteiger charge is 2.17. The molecule has 0 atom stereocenters. The zero-order valence-corrected chi connectivity index (χ0v) is 15.8. The lowest BCUT2D eigenvalue weighted by Gasteiger charge is -2.02. The lowest BCUT2D eigenvalue weighted by molar-refractivity contribution is -0.113. The Kier molecular flexibility index (Phi) is 6.14. The Morgan fingerprint density at radius 2 is 1.88 bits per heavy atom. The number of thioether (sulfide) groups is 1. The third kappa shape index (κ3) is 4.77. The van der Waals surface area contributed by atoms with Gasteiger partial charge in [0.2, 0.25) is 5.91 Å². The molecule has 0 saturated heterocycles. The molecule has 0 aliphatic heterocycles. The van der Waals surface area contributed by atoms with Crippen LogP contribution in [0.3, 0.4) is 0 Å². The number of carbonyl (C=O) groups excluding carboxylic acids is 2. The molecule has 0 bridgehead atoms. The second-order valence-electron chi connectivity index (χ2n) is 5.48. The number of aromatic nitrogens is 2. The minimum Gasteiger partial charge on any atom is -0.301 e. The lowest BCUT2D eigenvalue weighted by atomic mass is 10.1. The first-order valence-corrected chi connectivity index (χ1v) is 9.95. The number of carbonyl (C=O) groups is 2. The van der Waals surface area contributed by atoms with Crippen LogP contribution in [0.15, 0.2) is 54.7 Å². The maximum atomic E-state index is 12.2. The Hall–Kier alpha value is -2.51. The molecule has 1 N–H and O–H groups in total. The van der Waals surface area contributed by atoms with Gasteiger partial charge in [0, 0.05) is 24.4 Å². The molecule has 0 radical (unpaired) electrons. The maximum absolute atomic E-state index is 12.2. The Balaban J connectivity index is 1.64. The van der Waals surface area contributed by atoms with Gasteiger partial charge in [0.25, 0.3) is 0 Å². The molecular formula is C19H17N3O2S2. The second kappa shape index (κ2) is 8.73. The third-order valence-corrected chi connectivity index (χ3v) is 5.49. The number of nitrogens with one attached hydrogen (secondary N) is 1. The molecule has 0 aliphatic carbocycles. The van der Waals surface area contributed by atoms with Crippen molar-refractivity contribution >= 4 is 39.9 Å². The molecule has 0 fully saturated rings. The van der Waals surface area contributed by atoms with E-state index < -0.39 is 0 Å². The van der Waals surface area contributed by atoms with Crippen molar-refractivity contribution in [1.29, 1.82) is 0 Å². The Bertz CT molecular complexity index is 896. The molecule has 7 heteroatoms. The number of thiazole rings is 1. The summed E-state index contributed by atoms with van der Waals surface area (Å²) in [6, 6.07) is 15.2. The summed E-state index contributed by atoms with van der Waals surface area (Å²) in [5.41, 5.74) is 2.41. The summed E-state index contributed by atoms with van der Waals surface area (Å²) in [7, 11) is 0. The Morgan fingerprint density at radius 3 is 2.58 bits per heavy atom. The third-order valence-electron chi connectivity index (χ3n) is 3.45. The molecule has 3 rings (SSSR count). The van der Waals surface area contributed by atoms with Crippen LogP contribution in [0, 0.1) is 0 Å². The molecule has 0 saturated carbocycles. The van der Waals surface area contributed by atoms with E-state index in [1.54, 1.807) is 6.20 Å². The van der Waals surface area contributed by atoms with Gasteiger partial charge in [-0.2, -0.15) is 0 Å². The number of benzene rings is 1. The fraction of sp³-hybridized carbons (Fsp3) is 0.158. The van der Waals surface area contributed by atoms with E-state index >= 15 is 0 Å². The number of ketones is 1. The number of rotatable bonds is 7. The number of Topliss-reactive ketones (excluding diaryl/α,β-unsaturated/α-hetero) is 1. The van der Waals surface area contributed by atoms with E-state index in [0.717, 1.165) is 11.3 Å². The molecule has 0 aliphatic rings. The highest BCUT2D eigenvalue weighted by atomic mass is 32.2. The van der Waals surface area contributed by atoms with Crippen molar-refractivity contribution in [2.24, 2.45) is 0 Å². The molecule has 5 nitrogen and oxygen atoms in total. The van der Waals surface area contributed by atoms with Gasteiger partial charge in [-0.25, -0.2) is 4.98 Å². The summed E-state index contributed by atoms with van der Waals surface area (Å²) < 4.78 is 0. The average Bonchev–Trinajstić information content (AvgIpc) is 3.07. The van der Waals surface area contributed by atoms with Crippen molar-refractivity contribution in [1.82, 2.24) is 9.97 Å². The molecule has 2 heterocycles. The Morgan fingerprint density at radius 1 is 1.12 bits per heavy atom. The van der Waals surface area contributed by atoms with Crippen LogP contribution in [-0.2, 0) is 10.5 Å². The highest BCUT2D eigenvalue weighted by molar-refractivity contribution is 7.99. The molecular weight excluding hydrogens is 366 g/mol. The smallest absolute Gasteiger partial charge is 0.236 e. The van der Waals surface area contributed by atoms with Gasteiger partial charge in [-0.3, -0.25) is 14.6 Å². The molecule has 132 valence electrons. The highest BCUT2D eigenvalue weighted by Crippen LogP contribution is 2.31. The summed E-state index contributed by atoms with van der Waals surface area (Å²) in [5, 5.41) is 3.23. The van der Waals surface area contributed by atoms with E-state index in [4.69, 9.17) is 0 Å². The van der Waals surface area contributed by atoms with Crippen molar-refractivity contribution in [2.75, 3.05) is 11.1 Å². The predicted octanol–water partition coefficient (Wildman–Crippen LogP) is 4.28. The largest absolute Gasteiger partial charge is 0.301 e. The van der Waals surface area contributed by atoms with Gasteiger partial charge >= 0.3 is 0 Å². The second-order valence-corrected chi connectivity index (χ2v) is 7.47. The summed E-state index contributed by atoms with van der Waals surface area (Å²) in [4.78, 5) is 33.3. The summed E-state index contributed by atoms with van der Waals surface area (Å²) >= 11 is 2.69. The van der Waals surface area contributed by atoms with Crippen LogP contribution in [0.25, 0.3) is 11.3 Å². The molecule has 26 heavy (non-hydrogen) atoms. The predicted molar refractivity (Wildman–Crippen MR) is 107 cm³/mol. The van der Waals surface area contributed by atoms with Crippen LogP contribution in [0.1, 0.15) is 22.3 Å². The Labute approximate surface area is 159 Å². The average molecular weight is 383 g/mol. The van der Waals surface area contributed by atoms with Gasteiger partial charge in [-0.05, 0) is 12.1 Å². The van der Waals surface area contributed by atoms with Crippen LogP contribution >= 0.6 is 23.1 Å². The van der Waals surface area contributed by atoms with Crippen molar-refractivity contribution in [2.45, 2.75) is 12.7 Å². The molecule has 0 unspecified atom stereocenters. The first-order valence-electron chi connectivity index (χ1n) is 7.98. The van der Waals surface area contributed by atoms with Crippen molar-refractivity contribution < 1.29 is 9.59 Å². The zero-order valence-electron chi connectivity index (χ0n) is 14.1. The molecule has 1 amide bonds. The number of anilines is 1. The molecule has 2 aromatic heterocycles. The fourth-order valence-electron chi connectivity index (χ4n) is 2.29. The van der Waals surface area contributed by atoms with Gasteiger partial charge in [0.1, 0.15) is 0 Å². The SMILES string of the molecule is CC(=O)c1sc(NC(=O)CSCc2ccccn2)nc1-c1ccccc1. The minimum atomic E-state index is -0.144. The van der Waals surface area contributed by atoms with E-state index in [-0.39, 0.29) is 11.7 Å². The van der Waals surface area contributed by atoms with Crippen molar-refractivity contribution in [3.05, 3.63) is 65.3 Å². The number of hydrogen-bond donors (Lipinski definition) is 1. The molecule has 0 spiro atoms. The van der Waals surface area contributed by atoms with E-state index in [0.29, 0.717) is 27.2 Å². The lowest BCUT2D eigenvalue weighted by Crippen LogP contribution is -2.14. The van der Waals surface area contributed by atoms with Crippen LogP contribution in [-0.4, -0.2) is 27.4 Å². The van der Waals surface area contributed by atoms with Crippen molar-refractivity contribution in [3.8, 4) is 11.3 Å². The van der Waals surface area contributed by atoms with Gasteiger partial charge in [-0.15, -0.1) is 11.8 Å². The summed E-state index contributed by atoms with van der Waals surface area (Å²) in [5.74, 6) is 0.757. The van der Waals surface area contributed by atoms with Crippen LogP contribution in [0.4, 0.5) is 5.13 Å². The van der Waals surface area contributed by atoms with E-state index in [9.17, 15) is 9.59 Å². The van der Waals surface area contributed by atoms with Gasteiger partial charge in [0.15, 0.2) is 10.9 Å². The van der Waals surface area contributed by atoms with Crippen LogP contribution < -0.4 is 5.32 Å². The normalized spacial score (nSPS) is 10.5. The molecule has 3 aromatic rings. The number of hydrogen-bond acceptors (Lipinski definition) is 6. The van der Waals surface area contributed by atoms with Gasteiger partial charge < -0.3 is 5.32 Å². The van der Waals surface area contributed by atoms with E-state index in [2.05, 4.69) is 15.3 Å². The standard InChI is InChI=1S/C19H17N3O2S2/c1-13(23)18-17(14-7-3-2-4-8-14)22-19(26-18)21-16(24)12-25-11-15-9-5-6-10-20-15/h2-10H,11-12H2,1H3,(H,21,22,24). The number of amides is 1. The first kappa shape index (κ1) is 18.3. The number of pyridine rings is 1. The van der Waals surface area contributed by atoms with E-state index in [1.807, 2.05) is 48.5 Å². The molecule has 1 aromatic carbocycles.